The Morgan fingerprint density at radius 3 is 0.882 bits per heavy atom. The second kappa shape index (κ2) is 3.59. The van der Waals surface area contributed by atoms with Crippen LogP contribution in [0.5, 0.6) is 0 Å². The molecule has 0 aliphatic carbocycles. The fourth-order valence-corrected chi connectivity index (χ4v) is 0.721. The van der Waals surface area contributed by atoms with Crippen LogP contribution in [0.15, 0.2) is 0 Å². The summed E-state index contributed by atoms with van der Waals surface area (Å²) in [5.74, 6) is -7.59. The van der Waals surface area contributed by atoms with Crippen LogP contribution in [-0.4, -0.2) is 30.1 Å². The highest BCUT2D eigenvalue weighted by molar-refractivity contribution is 5.08. The van der Waals surface area contributed by atoms with E-state index in [1.807, 2.05) is 0 Å². The van der Waals surface area contributed by atoms with Crippen LogP contribution in [-0.2, 0) is 5.11 Å². The molecule has 0 saturated heterocycles. The molecule has 103 valence electrons. The van der Waals surface area contributed by atoms with Crippen molar-refractivity contribution in [3.8, 4) is 0 Å². The fourth-order valence-electron chi connectivity index (χ4n) is 0.721. The van der Waals surface area contributed by atoms with Crippen LogP contribution in [0.1, 0.15) is 0 Å². The molecule has 0 aliphatic heterocycles. The first-order chi connectivity index (χ1) is 7.00. The van der Waals surface area contributed by atoms with E-state index in [-0.39, 0.29) is 0 Å². The van der Waals surface area contributed by atoms with Crippen LogP contribution in [0.3, 0.4) is 0 Å². The van der Waals surface area contributed by atoms with Crippen molar-refractivity contribution in [2.75, 3.05) is 0 Å². The van der Waals surface area contributed by atoms with Crippen molar-refractivity contribution >= 4 is 0 Å². The lowest BCUT2D eigenvalue weighted by Gasteiger charge is -2.36. The molecule has 0 aromatic carbocycles. The minimum absolute atomic E-state index is 7.23. The summed E-state index contributed by atoms with van der Waals surface area (Å²) in [7, 11) is 0. The Morgan fingerprint density at radius 2 is 0.824 bits per heavy atom. The Bertz CT molecular complexity index is 266. The zero-order chi connectivity index (χ0) is 14.5. The minimum Gasteiger partial charge on any atom is -0.216 e. The van der Waals surface area contributed by atoms with Crippen LogP contribution in [0.25, 0.3) is 0 Å². The molecule has 1 radical (unpaired) electrons. The number of alkyl halides is 11. The average Bonchev–Trinajstić information content (AvgIpc) is 1.95. The first kappa shape index (κ1) is 16.2. The first-order valence-corrected chi connectivity index (χ1v) is 3.28. The van der Waals surface area contributed by atoms with E-state index in [1.165, 1.54) is 0 Å². The summed E-state index contributed by atoms with van der Waals surface area (Å²) in [6, 6.07) is 0. The Balaban J connectivity index is 6.04. The Hall–Kier alpha value is -0.810. The highest BCUT2D eigenvalue weighted by atomic mass is 19.4. The third-order valence-corrected chi connectivity index (χ3v) is 1.58. The quantitative estimate of drug-likeness (QED) is 0.692. The van der Waals surface area contributed by atoms with Crippen LogP contribution in [0, 0.1) is 0 Å². The Labute approximate surface area is 84.8 Å². The van der Waals surface area contributed by atoms with Crippen LogP contribution in [0.2, 0.25) is 0 Å². The van der Waals surface area contributed by atoms with E-state index in [1.54, 1.807) is 0 Å². The molecular weight excluding hydrogens is 285 g/mol. The smallest absolute Gasteiger partial charge is 0.216 e. The standard InChI is InChI=1S/C5F11O/c6-1(3(9,10)11,5(15,16)17)2(7,8)4(12,13)14. The number of halogens is 11. The molecule has 17 heavy (non-hydrogen) atoms. The molecule has 0 amide bonds. The summed E-state index contributed by atoms with van der Waals surface area (Å²) in [6.07, 6.45) is -22.0. The Kier molecular flexibility index (Phi) is 3.42. The molecule has 0 fully saturated rings. The maximum absolute atomic E-state index is 12.4. The molecule has 1 atom stereocenters. The van der Waals surface area contributed by atoms with Crippen LogP contribution >= 0.6 is 0 Å². The van der Waals surface area contributed by atoms with Gasteiger partial charge in [-0.3, -0.25) is 0 Å². The summed E-state index contributed by atoms with van der Waals surface area (Å²) >= 11 is 0. The zero-order valence-corrected chi connectivity index (χ0v) is 7.07. The van der Waals surface area contributed by atoms with Crippen molar-refractivity contribution < 1.29 is 53.4 Å². The summed E-state index contributed by atoms with van der Waals surface area (Å²) in [6.45, 7) is 0. The molecule has 0 N–H and O–H groups in total. The third-order valence-electron chi connectivity index (χ3n) is 1.58. The second-order valence-corrected chi connectivity index (χ2v) is 2.75. The lowest BCUT2D eigenvalue weighted by molar-refractivity contribution is -0.468. The SMILES string of the molecule is [O]C(F)(F)C(F)(C(F)(F)F)C(F)(F)C(F)(F)F. The van der Waals surface area contributed by atoms with E-state index in [0.29, 0.717) is 0 Å². The van der Waals surface area contributed by atoms with Gasteiger partial charge in [-0.25, -0.2) is 4.39 Å². The van der Waals surface area contributed by atoms with E-state index in [4.69, 9.17) is 0 Å². The molecule has 0 saturated carbocycles. The number of hydrogen-bond donors (Lipinski definition) is 0. The van der Waals surface area contributed by atoms with Crippen molar-refractivity contribution in [3.63, 3.8) is 0 Å². The van der Waals surface area contributed by atoms with Crippen LogP contribution in [0.4, 0.5) is 48.3 Å². The van der Waals surface area contributed by atoms with E-state index >= 15 is 0 Å². The molecular formula is C5F11O. The van der Waals surface area contributed by atoms with Gasteiger partial charge in [-0.15, -0.1) is 0 Å². The van der Waals surface area contributed by atoms with Crippen molar-refractivity contribution in [1.82, 2.24) is 0 Å². The highest BCUT2D eigenvalue weighted by Gasteiger charge is 2.90. The van der Waals surface area contributed by atoms with E-state index in [0.717, 1.165) is 0 Å². The summed E-state index contributed by atoms with van der Waals surface area (Å²) in [5.41, 5.74) is -7.59. The predicted octanol–water partition coefficient (Wildman–Crippen LogP) is 3.48. The summed E-state index contributed by atoms with van der Waals surface area (Å²) in [4.78, 5) is 0. The molecule has 0 heterocycles. The Morgan fingerprint density at radius 1 is 0.529 bits per heavy atom. The van der Waals surface area contributed by atoms with Gasteiger partial charge in [0.1, 0.15) is 0 Å². The topological polar surface area (TPSA) is 19.9 Å². The highest BCUT2D eigenvalue weighted by Crippen LogP contribution is 2.58. The molecule has 0 aromatic rings. The third kappa shape index (κ3) is 2.13. The van der Waals surface area contributed by atoms with Gasteiger partial charge in [0.05, 0.1) is 0 Å². The largest absolute Gasteiger partial charge is 0.457 e. The second-order valence-electron chi connectivity index (χ2n) is 2.75. The van der Waals surface area contributed by atoms with Gasteiger partial charge in [-0.1, -0.05) is 0 Å². The zero-order valence-electron chi connectivity index (χ0n) is 7.07. The lowest BCUT2D eigenvalue weighted by atomic mass is 9.94. The number of hydrogen-bond acceptors (Lipinski definition) is 0. The van der Waals surface area contributed by atoms with Gasteiger partial charge in [-0.2, -0.15) is 49.0 Å². The maximum Gasteiger partial charge on any atom is 0.457 e. The molecule has 0 aliphatic rings. The molecule has 0 spiro atoms. The van der Waals surface area contributed by atoms with Gasteiger partial charge in [0.15, 0.2) is 0 Å². The number of rotatable bonds is 2. The average molecular weight is 285 g/mol. The van der Waals surface area contributed by atoms with Crippen molar-refractivity contribution in [2.24, 2.45) is 0 Å². The summed E-state index contributed by atoms with van der Waals surface area (Å²) < 4.78 is 129. The normalized spacial score (nSPS) is 19.1. The molecule has 1 nitrogen and oxygen atoms in total. The van der Waals surface area contributed by atoms with E-state index in [2.05, 4.69) is 0 Å². The first-order valence-electron chi connectivity index (χ1n) is 3.28. The van der Waals surface area contributed by atoms with Crippen molar-refractivity contribution in [1.29, 1.82) is 0 Å². The minimum atomic E-state index is -7.59. The van der Waals surface area contributed by atoms with Crippen molar-refractivity contribution in [2.45, 2.75) is 30.1 Å². The van der Waals surface area contributed by atoms with Gasteiger partial charge < -0.3 is 0 Å². The van der Waals surface area contributed by atoms with Gasteiger partial charge in [0.2, 0.25) is 0 Å². The molecule has 1 unspecified atom stereocenters. The molecule has 12 heteroatoms. The molecule has 0 bridgehead atoms. The summed E-state index contributed by atoms with van der Waals surface area (Å²) in [5, 5.41) is 9.46. The van der Waals surface area contributed by atoms with Gasteiger partial charge >= 0.3 is 30.1 Å². The molecule has 0 aromatic heterocycles. The van der Waals surface area contributed by atoms with Gasteiger partial charge in [0.25, 0.3) is 0 Å². The maximum atomic E-state index is 12.4. The lowest BCUT2D eigenvalue weighted by Crippen LogP contribution is -2.70. The van der Waals surface area contributed by atoms with Crippen molar-refractivity contribution in [3.05, 3.63) is 0 Å². The fraction of sp³-hybridized carbons (Fsp3) is 1.00. The predicted molar refractivity (Wildman–Crippen MR) is 26.5 cm³/mol. The van der Waals surface area contributed by atoms with Crippen LogP contribution < -0.4 is 0 Å². The van der Waals surface area contributed by atoms with E-state index in [9.17, 15) is 53.4 Å². The van der Waals surface area contributed by atoms with Gasteiger partial charge in [-0.05, 0) is 0 Å². The monoisotopic (exact) mass is 285 g/mol. The van der Waals surface area contributed by atoms with Gasteiger partial charge in [0, 0.05) is 0 Å². The van der Waals surface area contributed by atoms with E-state index < -0.39 is 30.1 Å². The molecule has 0 rings (SSSR count).